The highest BCUT2D eigenvalue weighted by Gasteiger charge is 2.38. The molecule has 0 aromatic heterocycles. The molecule has 0 amide bonds. The molecule has 0 aliphatic carbocycles. The summed E-state index contributed by atoms with van der Waals surface area (Å²) in [5.41, 5.74) is 7.52. The van der Waals surface area contributed by atoms with Gasteiger partial charge in [0.05, 0.1) is 13.2 Å². The lowest BCUT2D eigenvalue weighted by molar-refractivity contribution is -0.192. The Kier molecular flexibility index (Phi) is 15.7. The van der Waals surface area contributed by atoms with E-state index in [4.69, 9.17) is 30.6 Å². The molecule has 0 saturated carbocycles. The summed E-state index contributed by atoms with van der Waals surface area (Å²) >= 11 is 0. The summed E-state index contributed by atoms with van der Waals surface area (Å²) in [6.07, 6.45) is -14.8. The van der Waals surface area contributed by atoms with E-state index in [0.717, 1.165) is 6.07 Å². The zero-order valence-corrected chi connectivity index (χ0v) is 25.2. The van der Waals surface area contributed by atoms with Crippen LogP contribution in [0.3, 0.4) is 0 Å². The van der Waals surface area contributed by atoms with Crippen LogP contribution in [0.1, 0.15) is 12.0 Å². The second kappa shape index (κ2) is 18.2. The minimum atomic E-state index is -5.08. The number of carboxylic acid groups (broad SMARTS) is 2. The Hall–Kier alpha value is -4.71. The Morgan fingerprint density at radius 2 is 1.37 bits per heavy atom. The molecule has 0 aliphatic rings. The highest BCUT2D eigenvalue weighted by Crippen LogP contribution is 2.31. The first kappa shape index (κ1) is 42.3. The second-order valence-electron chi connectivity index (χ2n) is 9.15. The van der Waals surface area contributed by atoms with Crippen LogP contribution in [0.15, 0.2) is 47.4 Å². The molecule has 0 fully saturated rings. The number of ether oxygens (including phenoxy) is 3. The van der Waals surface area contributed by atoms with Crippen molar-refractivity contribution in [2.24, 2.45) is 5.73 Å². The fraction of sp³-hybridized carbons (Fsp3) is 0.400. The number of benzene rings is 2. The van der Waals surface area contributed by atoms with E-state index in [9.17, 15) is 57.8 Å². The van der Waals surface area contributed by atoms with Gasteiger partial charge in [-0.25, -0.2) is 18.7 Å². The number of hydrogen-bond acceptors (Lipinski definition) is 9. The number of hydrogen-bond donors (Lipinski definition) is 6. The average Bonchev–Trinajstić information content (AvgIpc) is 2.96. The molecular weight excluding hydrogens is 719 g/mol. The number of hydroxylamine groups is 1. The standard InChI is InChI=1S/C23H26F6N4O8S.C2HF3O2/c24-22(25,26)12-39-16-6-7-18(40-13-23(27,28)29)19(11-16)42(36,37)33-17(20(34)35)10-14-2-4-15(5-3-14)38-8-1-9-41-32-21(30)31;3-2(4,5)1(6)7/h2-7,11,17,33H,1,8-10,12-13H2,(H,34,35)(H4,30,31,32);(H,6,7)/t17-;/m0./s1. The van der Waals surface area contributed by atoms with Crippen molar-refractivity contribution in [1.82, 2.24) is 10.2 Å². The summed E-state index contributed by atoms with van der Waals surface area (Å²) < 4.78 is 150. The van der Waals surface area contributed by atoms with Crippen molar-refractivity contribution in [1.29, 1.82) is 5.41 Å². The molecule has 2 rings (SSSR count). The van der Waals surface area contributed by atoms with Crippen molar-refractivity contribution in [3.8, 4) is 17.2 Å². The Morgan fingerprint density at radius 3 is 1.86 bits per heavy atom. The van der Waals surface area contributed by atoms with Gasteiger partial charge in [-0.1, -0.05) is 12.1 Å². The molecule has 24 heteroatoms. The molecule has 0 spiro atoms. The number of carbonyl (C=O) groups is 2. The van der Waals surface area contributed by atoms with Crippen LogP contribution in [0.25, 0.3) is 0 Å². The number of sulfonamides is 1. The van der Waals surface area contributed by atoms with E-state index < -0.39 is 82.6 Å². The van der Waals surface area contributed by atoms with Crippen LogP contribution in [0.5, 0.6) is 17.2 Å². The highest BCUT2D eigenvalue weighted by molar-refractivity contribution is 7.89. The number of nitrogens with one attached hydrogen (secondary N) is 3. The summed E-state index contributed by atoms with van der Waals surface area (Å²) in [6, 6.07) is 5.91. The molecule has 14 nitrogen and oxygen atoms in total. The van der Waals surface area contributed by atoms with Gasteiger partial charge >= 0.3 is 30.5 Å². The Bertz CT molecular complexity index is 1500. The van der Waals surface area contributed by atoms with E-state index in [1.165, 1.54) is 24.3 Å². The first-order valence-electron chi connectivity index (χ1n) is 12.9. The Balaban J connectivity index is 0.00000154. The summed E-state index contributed by atoms with van der Waals surface area (Å²) in [5.74, 6) is -5.96. The zero-order chi connectivity index (χ0) is 37.6. The number of guanidine groups is 1. The summed E-state index contributed by atoms with van der Waals surface area (Å²) in [7, 11) is -4.98. The molecule has 49 heavy (non-hydrogen) atoms. The minimum Gasteiger partial charge on any atom is -0.494 e. The third-order valence-electron chi connectivity index (χ3n) is 5.04. The molecule has 2 aromatic carbocycles. The van der Waals surface area contributed by atoms with Gasteiger partial charge in [0.1, 0.15) is 28.2 Å². The molecule has 7 N–H and O–H groups in total. The summed E-state index contributed by atoms with van der Waals surface area (Å²) in [4.78, 5) is 24.5. The fourth-order valence-electron chi connectivity index (χ4n) is 3.07. The maximum atomic E-state index is 13.1. The van der Waals surface area contributed by atoms with Crippen molar-refractivity contribution in [2.75, 3.05) is 26.4 Å². The van der Waals surface area contributed by atoms with Crippen LogP contribution >= 0.6 is 0 Å². The van der Waals surface area contributed by atoms with E-state index in [1.807, 2.05) is 4.72 Å². The smallest absolute Gasteiger partial charge is 0.490 e. The van der Waals surface area contributed by atoms with Gasteiger partial charge in [0.2, 0.25) is 16.0 Å². The van der Waals surface area contributed by atoms with Crippen molar-refractivity contribution in [3.05, 3.63) is 48.0 Å². The summed E-state index contributed by atoms with van der Waals surface area (Å²) in [5, 5.41) is 23.7. The van der Waals surface area contributed by atoms with Crippen molar-refractivity contribution in [2.45, 2.75) is 42.3 Å². The molecule has 2 aromatic rings. The number of halogens is 9. The van der Waals surface area contributed by atoms with Gasteiger partial charge in [-0.15, -0.1) is 0 Å². The van der Waals surface area contributed by atoms with Gasteiger partial charge in [-0.05, 0) is 36.2 Å². The van der Waals surface area contributed by atoms with Crippen LogP contribution < -0.4 is 30.1 Å². The molecule has 0 unspecified atom stereocenters. The molecular formula is C25H27F9N4O10S. The molecule has 0 bridgehead atoms. The summed E-state index contributed by atoms with van der Waals surface area (Å²) in [6.45, 7) is -3.37. The topological polar surface area (TPSA) is 220 Å². The van der Waals surface area contributed by atoms with Gasteiger partial charge < -0.3 is 30.2 Å². The molecule has 0 heterocycles. The maximum Gasteiger partial charge on any atom is 0.490 e. The van der Waals surface area contributed by atoms with Crippen LogP contribution in [0.2, 0.25) is 0 Å². The monoisotopic (exact) mass is 746 g/mol. The largest absolute Gasteiger partial charge is 0.494 e. The maximum absolute atomic E-state index is 13.1. The van der Waals surface area contributed by atoms with Crippen molar-refractivity contribution >= 4 is 27.9 Å². The lowest BCUT2D eigenvalue weighted by Crippen LogP contribution is -2.42. The van der Waals surface area contributed by atoms with E-state index in [0.29, 0.717) is 29.9 Å². The third-order valence-corrected chi connectivity index (χ3v) is 6.53. The molecule has 1 atom stereocenters. The van der Waals surface area contributed by atoms with E-state index in [2.05, 4.69) is 15.0 Å². The molecule has 0 aliphatic heterocycles. The zero-order valence-electron chi connectivity index (χ0n) is 24.4. The van der Waals surface area contributed by atoms with Crippen LogP contribution in [0.4, 0.5) is 39.5 Å². The number of nitrogens with two attached hydrogens (primary N) is 1. The minimum absolute atomic E-state index is 0.179. The van der Waals surface area contributed by atoms with Gasteiger partial charge in [0.15, 0.2) is 13.2 Å². The van der Waals surface area contributed by atoms with E-state index >= 15 is 0 Å². The van der Waals surface area contributed by atoms with Gasteiger partial charge in [0.25, 0.3) is 0 Å². The van der Waals surface area contributed by atoms with E-state index in [1.54, 1.807) is 0 Å². The third kappa shape index (κ3) is 17.9. The number of carboxylic acids is 2. The van der Waals surface area contributed by atoms with Crippen LogP contribution in [-0.2, 0) is 30.9 Å². The lowest BCUT2D eigenvalue weighted by atomic mass is 10.1. The normalized spacial score (nSPS) is 12.6. The first-order chi connectivity index (χ1) is 22.4. The predicted molar refractivity (Wildman–Crippen MR) is 146 cm³/mol. The van der Waals surface area contributed by atoms with Crippen molar-refractivity contribution in [3.63, 3.8) is 0 Å². The van der Waals surface area contributed by atoms with E-state index in [-0.39, 0.29) is 19.2 Å². The first-order valence-corrected chi connectivity index (χ1v) is 14.4. The highest BCUT2D eigenvalue weighted by atomic mass is 32.2. The Morgan fingerprint density at radius 1 is 0.837 bits per heavy atom. The Labute approximate surface area is 270 Å². The second-order valence-corrected chi connectivity index (χ2v) is 10.8. The average molecular weight is 747 g/mol. The predicted octanol–water partition coefficient (Wildman–Crippen LogP) is 3.36. The van der Waals surface area contributed by atoms with Crippen LogP contribution in [-0.4, -0.2) is 87.5 Å². The van der Waals surface area contributed by atoms with Crippen molar-refractivity contribution < 1.29 is 86.8 Å². The number of aliphatic carboxylic acids is 2. The molecule has 276 valence electrons. The SMILES string of the molecule is N=C(N)NOCCCOc1ccc(C[C@H](NS(=O)(=O)c2cc(OCC(F)(F)F)ccc2OCC(F)(F)F)C(=O)O)cc1.O=C(O)C(F)(F)F. The molecule has 0 radical (unpaired) electrons. The van der Waals surface area contributed by atoms with Gasteiger partial charge in [-0.3, -0.25) is 15.0 Å². The lowest BCUT2D eigenvalue weighted by Gasteiger charge is -2.19. The quantitative estimate of drug-likeness (QED) is 0.0479. The van der Waals surface area contributed by atoms with Gasteiger partial charge in [-0.2, -0.15) is 44.2 Å². The number of rotatable bonds is 16. The fourth-order valence-corrected chi connectivity index (χ4v) is 4.42. The van der Waals surface area contributed by atoms with Gasteiger partial charge in [0, 0.05) is 12.5 Å². The number of alkyl halides is 9. The van der Waals surface area contributed by atoms with Crippen LogP contribution in [0, 0.1) is 5.41 Å². The molecule has 0 saturated heterocycles.